The lowest BCUT2D eigenvalue weighted by atomic mass is 10.1. The molecule has 0 atom stereocenters. The van der Waals surface area contributed by atoms with Crippen LogP contribution in [0.1, 0.15) is 31.0 Å². The van der Waals surface area contributed by atoms with Gasteiger partial charge in [-0.25, -0.2) is 4.98 Å². The van der Waals surface area contributed by atoms with E-state index in [-0.39, 0.29) is 11.9 Å². The summed E-state index contributed by atoms with van der Waals surface area (Å²) in [6, 6.07) is 19.3. The van der Waals surface area contributed by atoms with Crippen LogP contribution in [0.2, 0.25) is 0 Å². The van der Waals surface area contributed by atoms with E-state index in [1.54, 1.807) is 0 Å². The van der Waals surface area contributed by atoms with Gasteiger partial charge in [0.15, 0.2) is 5.69 Å². The number of carbonyl (C=O) groups excluding carboxylic acids is 1. The minimum Gasteiger partial charge on any atom is -0.479 e. The minimum atomic E-state index is -0.245. The number of aromatic hydroxyl groups is 1. The molecule has 1 amide bonds. The number of amides is 1. The number of benzene rings is 2. The molecule has 1 heterocycles. The van der Waals surface area contributed by atoms with E-state index in [1.165, 1.54) is 6.92 Å². The van der Waals surface area contributed by atoms with Crippen molar-refractivity contribution in [2.75, 3.05) is 6.54 Å². The standard InChI is InChI=1S/C22H23N3O3/c1-16(26)23-14-8-13-19(24-15-17-9-4-2-5-10-17)20-22(27)28-21(25-20)18-11-6-3-7-12-18/h2-7,9-12,27H,8,13-15H2,1H3,(H,23,26). The van der Waals surface area contributed by atoms with Gasteiger partial charge >= 0.3 is 5.95 Å². The van der Waals surface area contributed by atoms with Crippen molar-refractivity contribution in [3.8, 4) is 17.4 Å². The van der Waals surface area contributed by atoms with Crippen molar-refractivity contribution in [2.45, 2.75) is 26.3 Å². The number of hydrogen-bond acceptors (Lipinski definition) is 5. The number of rotatable bonds is 8. The van der Waals surface area contributed by atoms with Crippen molar-refractivity contribution in [3.63, 3.8) is 0 Å². The van der Waals surface area contributed by atoms with Crippen molar-refractivity contribution < 1.29 is 14.3 Å². The molecule has 6 heteroatoms. The first-order valence-corrected chi connectivity index (χ1v) is 9.21. The Morgan fingerprint density at radius 1 is 1.11 bits per heavy atom. The zero-order valence-corrected chi connectivity index (χ0v) is 15.8. The van der Waals surface area contributed by atoms with Crippen LogP contribution in [0.4, 0.5) is 0 Å². The second kappa shape index (κ2) is 9.50. The lowest BCUT2D eigenvalue weighted by Crippen LogP contribution is -2.21. The summed E-state index contributed by atoms with van der Waals surface area (Å²) >= 11 is 0. The fourth-order valence-corrected chi connectivity index (χ4v) is 2.77. The fourth-order valence-electron chi connectivity index (χ4n) is 2.77. The summed E-state index contributed by atoms with van der Waals surface area (Å²) in [7, 11) is 0. The first-order valence-electron chi connectivity index (χ1n) is 9.21. The zero-order valence-electron chi connectivity index (χ0n) is 15.8. The normalized spacial score (nSPS) is 11.4. The van der Waals surface area contributed by atoms with Crippen LogP contribution in [0, 0.1) is 0 Å². The third kappa shape index (κ3) is 5.30. The van der Waals surface area contributed by atoms with E-state index in [0.717, 1.165) is 11.1 Å². The van der Waals surface area contributed by atoms with Gasteiger partial charge in [0.05, 0.1) is 12.3 Å². The molecule has 6 nitrogen and oxygen atoms in total. The van der Waals surface area contributed by atoms with Crippen molar-refractivity contribution in [1.29, 1.82) is 0 Å². The molecule has 144 valence electrons. The quantitative estimate of drug-likeness (QED) is 0.459. The average Bonchev–Trinajstić information content (AvgIpc) is 3.10. The SMILES string of the molecule is CC(=O)NCCCC(=NCc1ccccc1)c1nc(-c2ccccc2)oc1O. The minimum absolute atomic E-state index is 0.0709. The lowest BCUT2D eigenvalue weighted by molar-refractivity contribution is -0.118. The highest BCUT2D eigenvalue weighted by Gasteiger charge is 2.18. The van der Waals surface area contributed by atoms with E-state index < -0.39 is 0 Å². The first-order chi connectivity index (χ1) is 13.6. The summed E-state index contributed by atoms with van der Waals surface area (Å²) in [6.07, 6.45) is 1.24. The number of aromatic nitrogens is 1. The largest absolute Gasteiger partial charge is 0.479 e. The first kappa shape index (κ1) is 19.4. The van der Waals surface area contributed by atoms with Gasteiger partial charge in [-0.1, -0.05) is 48.5 Å². The van der Waals surface area contributed by atoms with Crippen LogP contribution in [0.25, 0.3) is 11.5 Å². The fraction of sp³-hybridized carbons (Fsp3) is 0.227. The van der Waals surface area contributed by atoms with Gasteiger partial charge in [-0.3, -0.25) is 9.79 Å². The molecule has 3 aromatic rings. The molecule has 1 aromatic heterocycles. The van der Waals surface area contributed by atoms with Crippen molar-refractivity contribution >= 4 is 11.6 Å². The molecule has 0 aliphatic rings. The van der Waals surface area contributed by atoms with Gasteiger partial charge < -0.3 is 14.8 Å². The summed E-state index contributed by atoms with van der Waals surface area (Å²) in [4.78, 5) is 20.2. The third-order valence-corrected chi connectivity index (χ3v) is 4.16. The maximum absolute atomic E-state index is 11.1. The molecule has 0 saturated carbocycles. The molecular formula is C22H23N3O3. The molecule has 3 rings (SSSR count). The Morgan fingerprint density at radius 2 is 1.79 bits per heavy atom. The monoisotopic (exact) mass is 377 g/mol. The van der Waals surface area contributed by atoms with Crippen LogP contribution in [0.5, 0.6) is 5.95 Å². The van der Waals surface area contributed by atoms with Gasteiger partial charge in [0, 0.05) is 19.0 Å². The molecule has 0 fully saturated rings. The molecule has 0 unspecified atom stereocenters. The molecule has 0 radical (unpaired) electrons. The number of carbonyl (C=O) groups is 1. The molecule has 2 aromatic carbocycles. The Labute approximate surface area is 164 Å². The van der Waals surface area contributed by atoms with Crippen LogP contribution in [0.3, 0.4) is 0 Å². The van der Waals surface area contributed by atoms with Crippen molar-refractivity contribution in [3.05, 3.63) is 71.9 Å². The summed E-state index contributed by atoms with van der Waals surface area (Å²) in [5.74, 6) is 0.0333. The Bertz CT molecular complexity index is 934. The maximum atomic E-state index is 11.1. The van der Waals surface area contributed by atoms with Crippen LogP contribution in [-0.4, -0.2) is 28.3 Å². The third-order valence-electron chi connectivity index (χ3n) is 4.16. The lowest BCUT2D eigenvalue weighted by Gasteiger charge is -2.05. The van der Waals surface area contributed by atoms with Crippen molar-refractivity contribution in [1.82, 2.24) is 10.3 Å². The Morgan fingerprint density at radius 3 is 2.46 bits per heavy atom. The highest BCUT2D eigenvalue weighted by Crippen LogP contribution is 2.27. The molecule has 2 N–H and O–H groups in total. The number of aliphatic imine (C=N–C) groups is 1. The van der Waals surface area contributed by atoms with E-state index in [4.69, 9.17) is 4.42 Å². The van der Waals surface area contributed by atoms with Gasteiger partial charge in [-0.05, 0) is 30.5 Å². The number of nitrogens with one attached hydrogen (secondary N) is 1. The highest BCUT2D eigenvalue weighted by molar-refractivity contribution is 6.01. The predicted octanol–water partition coefficient (Wildman–Crippen LogP) is 3.95. The Balaban J connectivity index is 1.83. The van der Waals surface area contributed by atoms with E-state index in [1.807, 2.05) is 60.7 Å². The van der Waals surface area contributed by atoms with Crippen LogP contribution in [-0.2, 0) is 11.3 Å². The van der Waals surface area contributed by atoms with E-state index in [0.29, 0.717) is 43.2 Å². The molecule has 0 bridgehead atoms. The van der Waals surface area contributed by atoms with Crippen LogP contribution < -0.4 is 5.32 Å². The van der Waals surface area contributed by atoms with Gasteiger partial charge in [-0.2, -0.15) is 0 Å². The summed E-state index contributed by atoms with van der Waals surface area (Å²) in [5, 5.41) is 13.1. The highest BCUT2D eigenvalue weighted by atomic mass is 16.5. The van der Waals surface area contributed by atoms with Crippen LogP contribution in [0.15, 0.2) is 70.1 Å². The zero-order chi connectivity index (χ0) is 19.8. The molecular weight excluding hydrogens is 354 g/mol. The van der Waals surface area contributed by atoms with E-state index in [2.05, 4.69) is 15.3 Å². The molecule has 0 aliphatic carbocycles. The number of oxazole rings is 1. The molecule has 28 heavy (non-hydrogen) atoms. The smallest absolute Gasteiger partial charge is 0.312 e. The van der Waals surface area contributed by atoms with Crippen LogP contribution >= 0.6 is 0 Å². The summed E-state index contributed by atoms with van der Waals surface area (Å²) < 4.78 is 5.47. The number of hydrogen-bond donors (Lipinski definition) is 2. The Hall–Kier alpha value is -3.41. The summed E-state index contributed by atoms with van der Waals surface area (Å²) in [5.41, 5.74) is 2.84. The van der Waals surface area contributed by atoms with E-state index in [9.17, 15) is 9.90 Å². The van der Waals surface area contributed by atoms with Gasteiger partial charge in [-0.15, -0.1) is 0 Å². The predicted molar refractivity (Wildman–Crippen MR) is 108 cm³/mol. The maximum Gasteiger partial charge on any atom is 0.312 e. The molecule has 0 aliphatic heterocycles. The van der Waals surface area contributed by atoms with Gasteiger partial charge in [0.1, 0.15) is 0 Å². The van der Waals surface area contributed by atoms with Crippen molar-refractivity contribution in [2.24, 2.45) is 4.99 Å². The average molecular weight is 377 g/mol. The molecule has 0 spiro atoms. The topological polar surface area (TPSA) is 87.7 Å². The molecule has 0 saturated heterocycles. The number of nitrogens with zero attached hydrogens (tertiary/aromatic N) is 2. The second-order valence-corrected chi connectivity index (χ2v) is 6.37. The second-order valence-electron chi connectivity index (χ2n) is 6.37. The van der Waals surface area contributed by atoms with Gasteiger partial charge in [0.2, 0.25) is 11.8 Å². The van der Waals surface area contributed by atoms with Gasteiger partial charge in [0.25, 0.3) is 0 Å². The van der Waals surface area contributed by atoms with E-state index >= 15 is 0 Å². The summed E-state index contributed by atoms with van der Waals surface area (Å²) in [6.45, 7) is 2.49. The Kier molecular flexibility index (Phi) is 6.57.